The second kappa shape index (κ2) is 7.70. The molecule has 0 aliphatic heterocycles. The number of rotatable bonds is 3. The van der Waals surface area contributed by atoms with Crippen molar-refractivity contribution in [2.75, 3.05) is 5.32 Å². The van der Waals surface area contributed by atoms with Crippen molar-refractivity contribution in [2.24, 2.45) is 5.92 Å². The van der Waals surface area contributed by atoms with Crippen LogP contribution < -0.4 is 5.32 Å². The molecule has 3 aromatic heterocycles. The Balaban J connectivity index is 1.52. The number of alkyl halides is 3. The lowest BCUT2D eigenvalue weighted by atomic mass is 9.83. The monoisotopic (exact) mass is 420 g/mol. The molecule has 0 bridgehead atoms. The average Bonchev–Trinajstić information content (AvgIpc) is 3.11. The number of hydrogen-bond donors (Lipinski definition) is 1. The molecule has 3 heterocycles. The predicted molar refractivity (Wildman–Crippen MR) is 105 cm³/mol. The van der Waals surface area contributed by atoms with Gasteiger partial charge in [0.05, 0.1) is 21.4 Å². The summed E-state index contributed by atoms with van der Waals surface area (Å²) in [5.74, 6) is 0.729. The molecule has 3 aromatic rings. The molecule has 5 nitrogen and oxygen atoms in total. The number of amides is 1. The molecule has 0 radical (unpaired) electrons. The molecule has 1 aliphatic carbocycles. The van der Waals surface area contributed by atoms with E-state index < -0.39 is 17.8 Å². The summed E-state index contributed by atoms with van der Waals surface area (Å²) in [7, 11) is 0. The standard InChI is InChI=1S/C20H19F3N4OS/c1-11-5-7-12(8-6-11)19-26-14-10-24-17(9-15(14)29-19)27-18(28)13-3-2-4-16(25-13)20(21,22)23/h2-4,9-12H,5-8H2,1H3,(H,24,27,28). The van der Waals surface area contributed by atoms with Gasteiger partial charge in [0.1, 0.15) is 17.2 Å². The summed E-state index contributed by atoms with van der Waals surface area (Å²) in [4.78, 5) is 24.6. The molecule has 152 valence electrons. The van der Waals surface area contributed by atoms with E-state index in [9.17, 15) is 18.0 Å². The first-order valence-corrected chi connectivity index (χ1v) is 10.2. The highest BCUT2D eigenvalue weighted by molar-refractivity contribution is 7.18. The van der Waals surface area contributed by atoms with Gasteiger partial charge in [-0.1, -0.05) is 25.8 Å². The van der Waals surface area contributed by atoms with Gasteiger partial charge < -0.3 is 5.32 Å². The van der Waals surface area contributed by atoms with Gasteiger partial charge in [-0.15, -0.1) is 11.3 Å². The maximum Gasteiger partial charge on any atom is 0.433 e. The summed E-state index contributed by atoms with van der Waals surface area (Å²) in [5, 5.41) is 3.60. The molecule has 1 amide bonds. The van der Waals surface area contributed by atoms with Gasteiger partial charge in [-0.05, 0) is 30.9 Å². The van der Waals surface area contributed by atoms with Gasteiger partial charge in [0.2, 0.25) is 0 Å². The lowest BCUT2D eigenvalue weighted by molar-refractivity contribution is -0.141. The number of pyridine rings is 2. The minimum absolute atomic E-state index is 0.258. The van der Waals surface area contributed by atoms with Crippen molar-refractivity contribution in [3.05, 3.63) is 46.9 Å². The lowest BCUT2D eigenvalue weighted by Crippen LogP contribution is -2.17. The van der Waals surface area contributed by atoms with Crippen LogP contribution in [0.1, 0.15) is 59.7 Å². The van der Waals surface area contributed by atoms with Crippen molar-refractivity contribution < 1.29 is 18.0 Å². The van der Waals surface area contributed by atoms with Crippen molar-refractivity contribution >= 4 is 33.3 Å². The quantitative estimate of drug-likeness (QED) is 0.594. The maximum absolute atomic E-state index is 12.8. The van der Waals surface area contributed by atoms with E-state index in [-0.39, 0.29) is 11.5 Å². The third-order valence-corrected chi connectivity index (χ3v) is 6.35. The zero-order valence-corrected chi connectivity index (χ0v) is 16.5. The van der Waals surface area contributed by atoms with Gasteiger partial charge in [-0.3, -0.25) is 4.79 Å². The molecule has 0 unspecified atom stereocenters. The topological polar surface area (TPSA) is 67.8 Å². The van der Waals surface area contributed by atoms with Crippen LogP contribution in [0.3, 0.4) is 0 Å². The Hall–Kier alpha value is -2.55. The summed E-state index contributed by atoms with van der Waals surface area (Å²) in [6.07, 6.45) is 1.62. The van der Waals surface area contributed by atoms with Crippen molar-refractivity contribution in [1.29, 1.82) is 0 Å². The Morgan fingerprint density at radius 3 is 2.66 bits per heavy atom. The zero-order chi connectivity index (χ0) is 20.6. The van der Waals surface area contributed by atoms with Crippen molar-refractivity contribution in [3.8, 4) is 0 Å². The third kappa shape index (κ3) is 4.39. The molecule has 29 heavy (non-hydrogen) atoms. The van der Waals surface area contributed by atoms with Crippen molar-refractivity contribution in [2.45, 2.75) is 44.7 Å². The number of carbonyl (C=O) groups is 1. The molecule has 1 N–H and O–H groups in total. The first kappa shape index (κ1) is 19.8. The summed E-state index contributed by atoms with van der Waals surface area (Å²) < 4.78 is 39.3. The minimum Gasteiger partial charge on any atom is -0.305 e. The highest BCUT2D eigenvalue weighted by atomic mass is 32.1. The van der Waals surface area contributed by atoms with Crippen LogP contribution in [-0.4, -0.2) is 20.9 Å². The number of fused-ring (bicyclic) bond motifs is 1. The SMILES string of the molecule is CC1CCC(c2nc3cnc(NC(=O)c4cccc(C(F)(F)F)n4)cc3s2)CC1. The van der Waals surface area contributed by atoms with Crippen molar-refractivity contribution in [1.82, 2.24) is 15.0 Å². The Labute approximate surface area is 169 Å². The van der Waals surface area contributed by atoms with E-state index in [4.69, 9.17) is 0 Å². The molecule has 0 atom stereocenters. The van der Waals surface area contributed by atoms with Crippen LogP contribution in [0.2, 0.25) is 0 Å². The highest BCUT2D eigenvalue weighted by Crippen LogP contribution is 2.39. The van der Waals surface area contributed by atoms with Crippen LogP contribution >= 0.6 is 11.3 Å². The molecule has 1 saturated carbocycles. The van der Waals surface area contributed by atoms with E-state index in [0.29, 0.717) is 5.92 Å². The number of anilines is 1. The van der Waals surface area contributed by atoms with Crippen LogP contribution in [0.15, 0.2) is 30.5 Å². The van der Waals surface area contributed by atoms with Gasteiger partial charge >= 0.3 is 6.18 Å². The third-order valence-electron chi connectivity index (χ3n) is 5.17. The first-order chi connectivity index (χ1) is 13.8. The molecule has 0 saturated heterocycles. The molecular weight excluding hydrogens is 401 g/mol. The molecule has 4 rings (SSSR count). The Morgan fingerprint density at radius 1 is 1.17 bits per heavy atom. The van der Waals surface area contributed by atoms with Crippen LogP contribution in [0, 0.1) is 5.92 Å². The molecular formula is C20H19F3N4OS. The molecule has 1 fully saturated rings. The number of halogens is 3. The minimum atomic E-state index is -4.61. The second-order valence-electron chi connectivity index (χ2n) is 7.41. The maximum atomic E-state index is 12.8. The van der Waals surface area contributed by atoms with Gasteiger partial charge in [-0.25, -0.2) is 15.0 Å². The number of nitrogens with zero attached hydrogens (tertiary/aromatic N) is 3. The second-order valence-corrected chi connectivity index (χ2v) is 8.47. The summed E-state index contributed by atoms with van der Waals surface area (Å²) in [5.41, 5.74) is -0.663. The Bertz CT molecular complexity index is 1040. The van der Waals surface area contributed by atoms with E-state index in [0.717, 1.165) is 46.1 Å². The van der Waals surface area contributed by atoms with Gasteiger partial charge in [-0.2, -0.15) is 13.2 Å². The fourth-order valence-corrected chi connectivity index (χ4v) is 4.64. The summed E-state index contributed by atoms with van der Waals surface area (Å²) >= 11 is 1.58. The van der Waals surface area contributed by atoms with E-state index >= 15 is 0 Å². The van der Waals surface area contributed by atoms with Crippen LogP contribution in [-0.2, 0) is 6.18 Å². The van der Waals surface area contributed by atoms with Crippen LogP contribution in [0.25, 0.3) is 10.2 Å². The highest BCUT2D eigenvalue weighted by Gasteiger charge is 2.33. The lowest BCUT2D eigenvalue weighted by Gasteiger charge is -2.24. The molecule has 9 heteroatoms. The summed E-state index contributed by atoms with van der Waals surface area (Å²) in [6.45, 7) is 2.27. The van der Waals surface area contributed by atoms with Gasteiger partial charge in [0, 0.05) is 12.0 Å². The zero-order valence-electron chi connectivity index (χ0n) is 15.7. The molecule has 1 aliphatic rings. The van der Waals surface area contributed by atoms with E-state index in [1.165, 1.54) is 18.9 Å². The van der Waals surface area contributed by atoms with E-state index in [1.807, 2.05) is 0 Å². The van der Waals surface area contributed by atoms with Gasteiger partial charge in [0.25, 0.3) is 5.91 Å². The average molecular weight is 420 g/mol. The number of carbonyl (C=O) groups excluding carboxylic acids is 1. The summed E-state index contributed by atoms with van der Waals surface area (Å²) in [6, 6.07) is 4.92. The van der Waals surface area contributed by atoms with Crippen LogP contribution in [0.5, 0.6) is 0 Å². The number of nitrogens with one attached hydrogen (secondary N) is 1. The Morgan fingerprint density at radius 2 is 1.93 bits per heavy atom. The first-order valence-electron chi connectivity index (χ1n) is 9.41. The van der Waals surface area contributed by atoms with Crippen LogP contribution in [0.4, 0.5) is 19.0 Å². The largest absolute Gasteiger partial charge is 0.433 e. The van der Waals surface area contributed by atoms with E-state index in [1.54, 1.807) is 23.6 Å². The molecule has 0 spiro atoms. The number of hydrogen-bond acceptors (Lipinski definition) is 5. The number of thiazole rings is 1. The Kier molecular flexibility index (Phi) is 5.24. The number of aromatic nitrogens is 3. The molecule has 0 aromatic carbocycles. The fraction of sp³-hybridized carbons (Fsp3) is 0.400. The predicted octanol–water partition coefficient (Wildman–Crippen LogP) is 5.65. The smallest absolute Gasteiger partial charge is 0.305 e. The van der Waals surface area contributed by atoms with E-state index in [2.05, 4.69) is 27.2 Å². The fourth-order valence-electron chi connectivity index (χ4n) is 3.50. The normalized spacial score (nSPS) is 20.0. The van der Waals surface area contributed by atoms with Crippen molar-refractivity contribution in [3.63, 3.8) is 0 Å². The van der Waals surface area contributed by atoms with Gasteiger partial charge in [0.15, 0.2) is 0 Å².